The molecule has 170 valence electrons. The summed E-state index contributed by atoms with van der Waals surface area (Å²) in [5.41, 5.74) is 2.46. The molecule has 1 aliphatic rings. The van der Waals surface area contributed by atoms with Crippen LogP contribution in [-0.4, -0.2) is 54.8 Å². The molecule has 1 saturated heterocycles. The first-order chi connectivity index (χ1) is 15.6. The van der Waals surface area contributed by atoms with E-state index in [9.17, 15) is 0 Å². The third-order valence-electron chi connectivity index (χ3n) is 5.74. The number of anilines is 1. The van der Waals surface area contributed by atoms with Crippen LogP contribution < -0.4 is 18.6 Å². The van der Waals surface area contributed by atoms with Crippen LogP contribution in [0.3, 0.4) is 0 Å². The number of aromatic nitrogens is 2. The molecule has 0 aliphatic carbocycles. The van der Waals surface area contributed by atoms with E-state index in [0.717, 1.165) is 60.8 Å². The van der Waals surface area contributed by atoms with Gasteiger partial charge in [-0.15, -0.1) is 0 Å². The molecule has 2 aromatic carbocycles. The normalized spacial score (nSPS) is 14.4. The highest BCUT2D eigenvalue weighted by molar-refractivity contribution is 7.95. The van der Waals surface area contributed by atoms with E-state index in [4.69, 9.17) is 13.7 Å². The van der Waals surface area contributed by atoms with Crippen LogP contribution in [-0.2, 0) is 13.6 Å². The van der Waals surface area contributed by atoms with Crippen LogP contribution in [0.15, 0.2) is 53.7 Å². The average molecular weight is 455 g/mol. The molecule has 3 aromatic rings. The van der Waals surface area contributed by atoms with Crippen molar-refractivity contribution in [1.29, 1.82) is 0 Å². The molecule has 0 amide bonds. The molecular weight excluding hydrogens is 424 g/mol. The highest BCUT2D eigenvalue weighted by Gasteiger charge is 2.18. The Kier molecular flexibility index (Phi) is 7.12. The number of imidazole rings is 1. The summed E-state index contributed by atoms with van der Waals surface area (Å²) in [6.07, 6.45) is 1.97. The number of ether oxygens (including phenoxy) is 2. The Morgan fingerprint density at radius 2 is 1.66 bits per heavy atom. The van der Waals surface area contributed by atoms with Gasteiger partial charge in [0.25, 0.3) is 0 Å². The summed E-state index contributed by atoms with van der Waals surface area (Å²) in [5.74, 6) is 3.34. The first-order valence-corrected chi connectivity index (χ1v) is 11.4. The van der Waals surface area contributed by atoms with Crippen LogP contribution in [0.4, 0.5) is 5.69 Å². The Balaban J connectivity index is 1.27. The Bertz CT molecular complexity index is 1010. The molecule has 1 fully saturated rings. The van der Waals surface area contributed by atoms with Crippen molar-refractivity contribution in [3.05, 3.63) is 60.0 Å². The third-order valence-corrected chi connectivity index (χ3v) is 6.38. The van der Waals surface area contributed by atoms with Crippen molar-refractivity contribution in [3.8, 4) is 17.2 Å². The van der Waals surface area contributed by atoms with E-state index in [1.807, 2.05) is 42.9 Å². The van der Waals surface area contributed by atoms with E-state index < -0.39 is 0 Å². The lowest BCUT2D eigenvalue weighted by Crippen LogP contribution is -2.45. The Morgan fingerprint density at radius 1 is 0.938 bits per heavy atom. The summed E-state index contributed by atoms with van der Waals surface area (Å²) in [6, 6.07) is 14.4. The highest BCUT2D eigenvalue weighted by atomic mass is 32.2. The molecule has 2 heterocycles. The van der Waals surface area contributed by atoms with Gasteiger partial charge in [0.05, 0.1) is 14.2 Å². The van der Waals surface area contributed by atoms with Crippen LogP contribution in [0.1, 0.15) is 11.4 Å². The second-order valence-corrected chi connectivity index (χ2v) is 8.60. The van der Waals surface area contributed by atoms with Gasteiger partial charge >= 0.3 is 0 Å². The maximum absolute atomic E-state index is 5.82. The summed E-state index contributed by atoms with van der Waals surface area (Å²) in [4.78, 5) is 9.34. The predicted molar refractivity (Wildman–Crippen MR) is 128 cm³/mol. The number of rotatable bonds is 8. The van der Waals surface area contributed by atoms with Gasteiger partial charge in [0.1, 0.15) is 23.6 Å². The monoisotopic (exact) mass is 454 g/mol. The SMILES string of the molecule is COc1ccc(CN2CCN(c3ccc(OSc4cn(C)c(C)n4)cc3)CC2)cc1OC. The fraction of sp³-hybridized carbons (Fsp3) is 0.375. The number of hydrogen-bond donors (Lipinski definition) is 0. The van der Waals surface area contributed by atoms with Crippen LogP contribution in [0.5, 0.6) is 17.2 Å². The first-order valence-electron chi connectivity index (χ1n) is 10.7. The number of aryl methyl sites for hydroxylation is 2. The lowest BCUT2D eigenvalue weighted by molar-refractivity contribution is 0.249. The number of piperazine rings is 1. The van der Waals surface area contributed by atoms with E-state index in [1.165, 1.54) is 23.3 Å². The Labute approximate surface area is 194 Å². The molecule has 4 rings (SSSR count). The maximum atomic E-state index is 5.82. The fourth-order valence-electron chi connectivity index (χ4n) is 3.77. The summed E-state index contributed by atoms with van der Waals surface area (Å²) in [5, 5.41) is 0.861. The molecule has 32 heavy (non-hydrogen) atoms. The van der Waals surface area contributed by atoms with E-state index in [-0.39, 0.29) is 0 Å². The zero-order valence-electron chi connectivity index (χ0n) is 19.1. The minimum absolute atomic E-state index is 0.766. The smallest absolute Gasteiger partial charge is 0.161 e. The second kappa shape index (κ2) is 10.2. The van der Waals surface area contributed by atoms with Gasteiger partial charge in [0.15, 0.2) is 16.5 Å². The lowest BCUT2D eigenvalue weighted by Gasteiger charge is -2.36. The van der Waals surface area contributed by atoms with E-state index in [2.05, 4.69) is 39.0 Å². The van der Waals surface area contributed by atoms with Gasteiger partial charge in [0, 0.05) is 51.7 Å². The molecule has 0 bridgehead atoms. The van der Waals surface area contributed by atoms with E-state index in [1.54, 1.807) is 14.2 Å². The lowest BCUT2D eigenvalue weighted by atomic mass is 10.1. The zero-order chi connectivity index (χ0) is 22.5. The number of nitrogens with zero attached hydrogens (tertiary/aromatic N) is 4. The van der Waals surface area contributed by atoms with Gasteiger partial charge in [-0.1, -0.05) is 6.07 Å². The van der Waals surface area contributed by atoms with Crippen molar-refractivity contribution in [2.75, 3.05) is 45.3 Å². The average Bonchev–Trinajstić information content (AvgIpc) is 3.15. The van der Waals surface area contributed by atoms with Crippen LogP contribution in [0.25, 0.3) is 0 Å². The van der Waals surface area contributed by atoms with Crippen molar-refractivity contribution < 1.29 is 13.7 Å². The van der Waals surface area contributed by atoms with Crippen LogP contribution in [0.2, 0.25) is 0 Å². The summed E-state index contributed by atoms with van der Waals surface area (Å²) in [7, 11) is 5.32. The molecule has 1 aliphatic heterocycles. The highest BCUT2D eigenvalue weighted by Crippen LogP contribution is 2.29. The van der Waals surface area contributed by atoms with Crippen molar-refractivity contribution in [2.24, 2.45) is 7.05 Å². The van der Waals surface area contributed by atoms with Gasteiger partial charge < -0.3 is 23.1 Å². The van der Waals surface area contributed by atoms with Gasteiger partial charge in [-0.25, -0.2) is 4.98 Å². The summed E-state index contributed by atoms with van der Waals surface area (Å²) in [6.45, 7) is 6.91. The predicted octanol–water partition coefficient (Wildman–Crippen LogP) is 4.15. The third kappa shape index (κ3) is 5.31. The van der Waals surface area contributed by atoms with Crippen LogP contribution in [0, 0.1) is 6.92 Å². The Hall–Kier alpha value is -2.84. The molecule has 8 heteroatoms. The molecule has 0 unspecified atom stereocenters. The number of hydrogen-bond acceptors (Lipinski definition) is 7. The summed E-state index contributed by atoms with van der Waals surface area (Å²) < 4.78 is 18.6. The Morgan fingerprint density at radius 3 is 2.28 bits per heavy atom. The van der Waals surface area contributed by atoms with Gasteiger partial charge in [0.2, 0.25) is 0 Å². The number of benzene rings is 2. The van der Waals surface area contributed by atoms with Gasteiger partial charge in [-0.3, -0.25) is 4.90 Å². The molecule has 7 nitrogen and oxygen atoms in total. The van der Waals surface area contributed by atoms with E-state index in [0.29, 0.717) is 0 Å². The minimum atomic E-state index is 0.766. The second-order valence-electron chi connectivity index (χ2n) is 7.85. The largest absolute Gasteiger partial charge is 0.493 e. The van der Waals surface area contributed by atoms with Crippen molar-refractivity contribution in [1.82, 2.24) is 14.5 Å². The van der Waals surface area contributed by atoms with Crippen molar-refractivity contribution in [2.45, 2.75) is 18.5 Å². The molecular formula is C24H30N4O3S. The molecule has 0 spiro atoms. The van der Waals surface area contributed by atoms with Gasteiger partial charge in [-0.05, 0) is 48.9 Å². The molecule has 0 saturated carbocycles. The minimum Gasteiger partial charge on any atom is -0.493 e. The first kappa shape index (κ1) is 22.4. The standard InChI is InChI=1S/C24H30N4O3S/c1-18-25-24(17-26(18)2)32-31-21-8-6-20(7-9-21)28-13-11-27(12-14-28)16-19-5-10-22(29-3)23(15-19)30-4/h5-10,15,17H,11-14,16H2,1-4H3. The van der Waals surface area contributed by atoms with Crippen molar-refractivity contribution in [3.63, 3.8) is 0 Å². The fourth-order valence-corrected chi connectivity index (χ4v) is 4.43. The number of methoxy groups -OCH3 is 2. The molecule has 1 aromatic heterocycles. The summed E-state index contributed by atoms with van der Waals surface area (Å²) >= 11 is 1.29. The van der Waals surface area contributed by atoms with E-state index >= 15 is 0 Å². The quantitative estimate of drug-likeness (QED) is 0.474. The molecule has 0 atom stereocenters. The maximum Gasteiger partial charge on any atom is 0.161 e. The molecule has 0 radical (unpaired) electrons. The zero-order valence-corrected chi connectivity index (χ0v) is 19.9. The van der Waals surface area contributed by atoms with Crippen LogP contribution >= 0.6 is 12.0 Å². The topological polar surface area (TPSA) is 52.0 Å². The van der Waals surface area contributed by atoms with Gasteiger partial charge in [-0.2, -0.15) is 0 Å². The van der Waals surface area contributed by atoms with Crippen molar-refractivity contribution >= 4 is 17.7 Å². The molecule has 0 N–H and O–H groups in total.